The van der Waals surface area contributed by atoms with Crippen molar-refractivity contribution in [3.05, 3.63) is 29.8 Å². The number of carbonyl (C=O) groups excluding carboxylic acids is 1. The average Bonchev–Trinajstić information content (AvgIpc) is 2.29. The molecule has 0 spiro atoms. The number of hydrogen-bond acceptors (Lipinski definition) is 3. The van der Waals surface area contributed by atoms with E-state index in [2.05, 4.69) is 5.32 Å². The molecule has 3 nitrogen and oxygen atoms in total. The fourth-order valence-corrected chi connectivity index (χ4v) is 1.26. The summed E-state index contributed by atoms with van der Waals surface area (Å²) in [6, 6.07) is 6.96. The van der Waals surface area contributed by atoms with E-state index < -0.39 is 13.0 Å². The van der Waals surface area contributed by atoms with Crippen molar-refractivity contribution in [2.24, 2.45) is 0 Å². The van der Waals surface area contributed by atoms with E-state index in [4.69, 9.17) is 4.74 Å². The highest BCUT2D eigenvalue weighted by molar-refractivity contribution is 5.94. The van der Waals surface area contributed by atoms with Gasteiger partial charge in [-0.25, -0.2) is 8.78 Å². The summed E-state index contributed by atoms with van der Waals surface area (Å²) in [7, 11) is 0. The number of alkyl halides is 2. The van der Waals surface area contributed by atoms with E-state index in [0.717, 1.165) is 5.69 Å². The fraction of sp³-hybridized carbons (Fsp3) is 0.417. The molecule has 1 N–H and O–H groups in total. The molecule has 0 aliphatic heterocycles. The zero-order valence-electron chi connectivity index (χ0n) is 9.58. The lowest BCUT2D eigenvalue weighted by Gasteiger charge is -2.07. The van der Waals surface area contributed by atoms with E-state index in [1.807, 2.05) is 0 Å². The predicted molar refractivity (Wildman–Crippen MR) is 61.8 cm³/mol. The highest BCUT2D eigenvalue weighted by Crippen LogP contribution is 2.09. The Bertz CT molecular complexity index is 352. The number of anilines is 1. The molecule has 0 fully saturated rings. The second-order valence-electron chi connectivity index (χ2n) is 3.53. The molecule has 0 saturated carbocycles. The summed E-state index contributed by atoms with van der Waals surface area (Å²) in [5.74, 6) is 0.0109. The van der Waals surface area contributed by atoms with Crippen molar-refractivity contribution in [2.75, 3.05) is 25.1 Å². The predicted octanol–water partition coefficient (Wildman–Crippen LogP) is 2.58. The van der Waals surface area contributed by atoms with Crippen molar-refractivity contribution in [1.29, 1.82) is 0 Å². The zero-order valence-corrected chi connectivity index (χ0v) is 9.58. The molecule has 0 radical (unpaired) electrons. The first-order valence-electron chi connectivity index (χ1n) is 5.30. The summed E-state index contributed by atoms with van der Waals surface area (Å²) in [6.07, 6.45) is -2.43. The molecule has 0 aromatic heterocycles. The Balaban J connectivity index is 2.25. The molecule has 1 aromatic carbocycles. The Morgan fingerprint density at radius 2 is 2.00 bits per heavy atom. The number of rotatable bonds is 7. The van der Waals surface area contributed by atoms with Gasteiger partial charge >= 0.3 is 0 Å². The Kier molecular flexibility index (Phi) is 5.56. The van der Waals surface area contributed by atoms with Crippen LogP contribution >= 0.6 is 0 Å². The lowest BCUT2D eigenvalue weighted by atomic mass is 10.1. The van der Waals surface area contributed by atoms with Gasteiger partial charge in [0.1, 0.15) is 6.61 Å². The van der Waals surface area contributed by atoms with E-state index in [1.165, 1.54) is 6.92 Å². The van der Waals surface area contributed by atoms with Gasteiger partial charge in [-0.05, 0) is 31.2 Å². The minimum Gasteiger partial charge on any atom is -0.383 e. The van der Waals surface area contributed by atoms with Gasteiger partial charge in [0.25, 0.3) is 6.43 Å². The highest BCUT2D eigenvalue weighted by Gasteiger charge is 2.01. The lowest BCUT2D eigenvalue weighted by molar-refractivity contribution is 0.0215. The van der Waals surface area contributed by atoms with Crippen LogP contribution in [-0.4, -0.2) is 32.0 Å². The molecule has 1 aromatic rings. The summed E-state index contributed by atoms with van der Waals surface area (Å²) in [6.45, 7) is 1.64. The quantitative estimate of drug-likeness (QED) is 0.591. The maximum absolute atomic E-state index is 11.7. The molecule has 0 bridgehead atoms. The number of carbonyl (C=O) groups is 1. The van der Waals surface area contributed by atoms with Crippen LogP contribution in [0.25, 0.3) is 0 Å². The first kappa shape index (κ1) is 13.6. The second kappa shape index (κ2) is 6.96. The van der Waals surface area contributed by atoms with Crippen LogP contribution in [0.2, 0.25) is 0 Å². The molecule has 17 heavy (non-hydrogen) atoms. The van der Waals surface area contributed by atoms with Gasteiger partial charge in [-0.3, -0.25) is 4.79 Å². The Hall–Kier alpha value is -1.49. The van der Waals surface area contributed by atoms with Crippen LogP contribution in [0.5, 0.6) is 0 Å². The molecule has 0 heterocycles. The van der Waals surface area contributed by atoms with Crippen LogP contribution in [0.4, 0.5) is 14.5 Å². The molecular weight excluding hydrogens is 228 g/mol. The molecule has 0 amide bonds. The molecule has 0 aliphatic carbocycles. The maximum Gasteiger partial charge on any atom is 0.261 e. The summed E-state index contributed by atoms with van der Waals surface area (Å²) in [5, 5.41) is 3.00. The summed E-state index contributed by atoms with van der Waals surface area (Å²) in [5.41, 5.74) is 1.47. The normalized spacial score (nSPS) is 10.6. The van der Waals surface area contributed by atoms with Crippen molar-refractivity contribution in [2.45, 2.75) is 13.3 Å². The third-order valence-corrected chi connectivity index (χ3v) is 2.11. The monoisotopic (exact) mass is 243 g/mol. The van der Waals surface area contributed by atoms with Crippen molar-refractivity contribution >= 4 is 11.5 Å². The van der Waals surface area contributed by atoms with Gasteiger partial charge in [0, 0.05) is 17.8 Å². The molecule has 94 valence electrons. The van der Waals surface area contributed by atoms with Crippen LogP contribution < -0.4 is 5.32 Å². The number of ether oxygens (including phenoxy) is 1. The van der Waals surface area contributed by atoms with Crippen LogP contribution in [0, 0.1) is 0 Å². The highest BCUT2D eigenvalue weighted by atomic mass is 19.3. The molecule has 0 unspecified atom stereocenters. The second-order valence-corrected chi connectivity index (χ2v) is 3.53. The molecule has 0 atom stereocenters. The summed E-state index contributed by atoms with van der Waals surface area (Å²) in [4.78, 5) is 11.0. The van der Waals surface area contributed by atoms with E-state index in [0.29, 0.717) is 12.1 Å². The van der Waals surface area contributed by atoms with Crippen molar-refractivity contribution in [3.8, 4) is 0 Å². The standard InChI is InChI=1S/C12H15F2NO2/c1-9(16)10-2-4-11(5-3-10)15-6-7-17-8-12(13)14/h2-5,12,15H,6-8H2,1H3. The topological polar surface area (TPSA) is 38.3 Å². The molecule has 1 rings (SSSR count). The smallest absolute Gasteiger partial charge is 0.261 e. The molecule has 0 saturated heterocycles. The first-order valence-corrected chi connectivity index (χ1v) is 5.30. The third-order valence-electron chi connectivity index (χ3n) is 2.11. The molecule has 0 aliphatic rings. The number of ketones is 1. The third kappa shape index (κ3) is 5.40. The number of halogens is 2. The first-order chi connectivity index (χ1) is 8.09. The van der Waals surface area contributed by atoms with Crippen LogP contribution in [0.3, 0.4) is 0 Å². The van der Waals surface area contributed by atoms with Crippen molar-refractivity contribution < 1.29 is 18.3 Å². The van der Waals surface area contributed by atoms with E-state index in [-0.39, 0.29) is 12.4 Å². The van der Waals surface area contributed by atoms with E-state index in [9.17, 15) is 13.6 Å². The average molecular weight is 243 g/mol. The van der Waals surface area contributed by atoms with E-state index in [1.54, 1.807) is 24.3 Å². The number of Topliss-reactive ketones (excluding diaryl/α,β-unsaturated/α-hetero) is 1. The zero-order chi connectivity index (χ0) is 12.7. The van der Waals surface area contributed by atoms with Gasteiger partial charge in [-0.15, -0.1) is 0 Å². The van der Waals surface area contributed by atoms with E-state index >= 15 is 0 Å². The Labute approximate surface area is 98.8 Å². The lowest BCUT2D eigenvalue weighted by Crippen LogP contribution is -2.13. The summed E-state index contributed by atoms with van der Waals surface area (Å²) < 4.78 is 28.2. The fourth-order valence-electron chi connectivity index (χ4n) is 1.26. The SMILES string of the molecule is CC(=O)c1ccc(NCCOCC(F)F)cc1. The maximum atomic E-state index is 11.7. The molecule has 5 heteroatoms. The van der Waals surface area contributed by atoms with Crippen molar-refractivity contribution in [3.63, 3.8) is 0 Å². The summed E-state index contributed by atoms with van der Waals surface area (Å²) >= 11 is 0. The largest absolute Gasteiger partial charge is 0.383 e. The molecular formula is C12H15F2NO2. The number of hydrogen-bond donors (Lipinski definition) is 1. The van der Waals surface area contributed by atoms with Crippen LogP contribution in [0.1, 0.15) is 17.3 Å². The van der Waals surface area contributed by atoms with Crippen molar-refractivity contribution in [1.82, 2.24) is 0 Å². The number of benzene rings is 1. The van der Waals surface area contributed by atoms with Gasteiger partial charge in [-0.2, -0.15) is 0 Å². The van der Waals surface area contributed by atoms with Gasteiger partial charge < -0.3 is 10.1 Å². The van der Waals surface area contributed by atoms with Gasteiger partial charge in [0.15, 0.2) is 5.78 Å². The van der Waals surface area contributed by atoms with Crippen LogP contribution in [0.15, 0.2) is 24.3 Å². The van der Waals surface area contributed by atoms with Gasteiger partial charge in [-0.1, -0.05) is 0 Å². The minimum absolute atomic E-state index is 0.0109. The minimum atomic E-state index is -2.43. The number of nitrogens with one attached hydrogen (secondary N) is 1. The van der Waals surface area contributed by atoms with Crippen LogP contribution in [-0.2, 0) is 4.74 Å². The Morgan fingerprint density at radius 3 is 2.53 bits per heavy atom. The van der Waals surface area contributed by atoms with Gasteiger partial charge in [0.05, 0.1) is 6.61 Å². The van der Waals surface area contributed by atoms with Gasteiger partial charge in [0.2, 0.25) is 0 Å². The Morgan fingerprint density at radius 1 is 1.35 bits per heavy atom.